The molecule has 0 amide bonds. The molecule has 0 aliphatic carbocycles. The Morgan fingerprint density at radius 2 is 0.780 bits per heavy atom. The van der Waals surface area contributed by atoms with Crippen LogP contribution >= 0.6 is 0 Å². The van der Waals surface area contributed by atoms with E-state index in [2.05, 4.69) is 17.9 Å². The van der Waals surface area contributed by atoms with Crippen molar-refractivity contribution < 1.29 is 73.7 Å². The zero-order chi connectivity index (χ0) is 32.2. The van der Waals surface area contributed by atoms with Crippen LogP contribution in [0.1, 0.15) is 76.0 Å². The molecule has 0 spiro atoms. The Balaban J connectivity index is 0.00000111. The average Bonchev–Trinajstić information content (AvgIpc) is 2.88. The van der Waals surface area contributed by atoms with E-state index in [1.54, 1.807) is 0 Å². The molecule has 2 rings (SSSR count). The zero-order valence-electron chi connectivity index (χ0n) is 21.2. The van der Waals surface area contributed by atoms with Crippen molar-refractivity contribution in [3.63, 3.8) is 0 Å². The van der Waals surface area contributed by atoms with Gasteiger partial charge in [-0.15, -0.1) is 0 Å². The molecule has 0 saturated carbocycles. The Kier molecular flexibility index (Phi) is 13.0. The fourth-order valence-corrected chi connectivity index (χ4v) is 2.26. The number of carboxylic acid groups (broad SMARTS) is 6. The molecule has 0 saturated heterocycles. The van der Waals surface area contributed by atoms with Gasteiger partial charge in [0.2, 0.25) is 0 Å². The number of carbonyl (C=O) groups excluding carboxylic acids is 2. The average molecular weight is 574 g/mol. The third-order valence-corrected chi connectivity index (χ3v) is 4.35. The summed E-state index contributed by atoms with van der Waals surface area (Å²) in [5.41, 5.74) is -3.29. The van der Waals surface area contributed by atoms with Crippen LogP contribution in [0.3, 0.4) is 0 Å². The molecule has 0 aromatic heterocycles. The van der Waals surface area contributed by atoms with Crippen LogP contribution in [0.4, 0.5) is 0 Å². The fourth-order valence-electron chi connectivity index (χ4n) is 2.26. The van der Waals surface area contributed by atoms with E-state index < -0.39 is 81.1 Å². The number of benzene rings is 2. The van der Waals surface area contributed by atoms with Crippen molar-refractivity contribution in [2.45, 2.75) is 13.8 Å². The first-order valence-electron chi connectivity index (χ1n) is 10.6. The number of ether oxygens (including phenoxy) is 1. The van der Waals surface area contributed by atoms with Gasteiger partial charge in [0.15, 0.2) is 0 Å². The van der Waals surface area contributed by atoms with E-state index in [0.717, 1.165) is 24.3 Å². The summed E-state index contributed by atoms with van der Waals surface area (Å²) in [4.78, 5) is 88.0. The highest BCUT2D eigenvalue weighted by Crippen LogP contribution is 2.18. The summed E-state index contributed by atoms with van der Waals surface area (Å²) in [6.45, 7) is 9.20. The third-order valence-electron chi connectivity index (χ3n) is 4.35. The van der Waals surface area contributed by atoms with Crippen LogP contribution in [0.15, 0.2) is 60.7 Å². The molecule has 0 radical (unpaired) electrons. The molecule has 15 heteroatoms. The van der Waals surface area contributed by atoms with Gasteiger partial charge >= 0.3 is 47.8 Å². The van der Waals surface area contributed by atoms with Gasteiger partial charge in [-0.05, 0) is 50.2 Å². The van der Waals surface area contributed by atoms with E-state index in [-0.39, 0.29) is 11.1 Å². The third kappa shape index (κ3) is 11.0. The molecule has 2 aromatic rings. The number of hydrogen-bond acceptors (Lipinski definition) is 9. The van der Waals surface area contributed by atoms with E-state index in [9.17, 15) is 38.4 Å². The molecule has 0 aliphatic rings. The summed E-state index contributed by atoms with van der Waals surface area (Å²) < 4.78 is 4.51. The number of aromatic carboxylic acids is 4. The van der Waals surface area contributed by atoms with Gasteiger partial charge in [-0.1, -0.05) is 13.2 Å². The maximum atomic E-state index is 12.2. The summed E-state index contributed by atoms with van der Waals surface area (Å²) >= 11 is 0. The smallest absolute Gasteiger partial charge is 0.346 e. The quantitative estimate of drug-likeness (QED) is 0.150. The van der Waals surface area contributed by atoms with Crippen molar-refractivity contribution in [2.24, 2.45) is 0 Å². The van der Waals surface area contributed by atoms with E-state index in [0.29, 0.717) is 12.1 Å². The summed E-state index contributed by atoms with van der Waals surface area (Å²) in [7, 11) is 0. The van der Waals surface area contributed by atoms with Gasteiger partial charge in [0.25, 0.3) is 0 Å². The first-order chi connectivity index (χ1) is 18.8. The van der Waals surface area contributed by atoms with Crippen LogP contribution in [-0.2, 0) is 14.3 Å². The van der Waals surface area contributed by atoms with Crippen LogP contribution < -0.4 is 0 Å². The molecule has 15 nitrogen and oxygen atoms in total. The Morgan fingerprint density at radius 3 is 0.976 bits per heavy atom. The lowest BCUT2D eigenvalue weighted by Crippen LogP contribution is -2.19. The second-order valence-electron chi connectivity index (χ2n) is 7.59. The molecule has 0 aliphatic heterocycles. The highest BCUT2D eigenvalue weighted by molar-refractivity contribution is 6.11. The molecule has 41 heavy (non-hydrogen) atoms. The first-order valence-corrected chi connectivity index (χ1v) is 10.6. The number of carboxylic acids is 6. The van der Waals surface area contributed by atoms with E-state index >= 15 is 0 Å². The predicted molar refractivity (Wildman–Crippen MR) is 135 cm³/mol. The normalized spacial score (nSPS) is 9.32. The number of rotatable bonds is 8. The minimum Gasteiger partial charge on any atom is -0.478 e. The van der Waals surface area contributed by atoms with E-state index in [1.807, 2.05) is 0 Å². The monoisotopic (exact) mass is 574 g/mol. The lowest BCUT2D eigenvalue weighted by Gasteiger charge is -2.09. The van der Waals surface area contributed by atoms with Crippen molar-refractivity contribution in [3.8, 4) is 0 Å². The lowest BCUT2D eigenvalue weighted by molar-refractivity contribution is -0.133. The van der Waals surface area contributed by atoms with Crippen LogP contribution in [0.2, 0.25) is 0 Å². The molecular formula is C26H22O15. The molecule has 2 aromatic carbocycles. The van der Waals surface area contributed by atoms with Crippen molar-refractivity contribution in [2.75, 3.05) is 0 Å². The summed E-state index contributed by atoms with van der Waals surface area (Å²) in [6.07, 6.45) is 0. The summed E-state index contributed by atoms with van der Waals surface area (Å²) in [6, 6.07) is 4.87. The van der Waals surface area contributed by atoms with Crippen molar-refractivity contribution in [3.05, 3.63) is 94.1 Å². The zero-order valence-corrected chi connectivity index (χ0v) is 21.2. The van der Waals surface area contributed by atoms with Gasteiger partial charge in [-0.2, -0.15) is 0 Å². The van der Waals surface area contributed by atoms with Gasteiger partial charge in [-0.3, -0.25) is 0 Å². The fraction of sp³-hybridized carbons (Fsp3) is 0.0769. The van der Waals surface area contributed by atoms with Crippen LogP contribution in [-0.4, -0.2) is 78.4 Å². The summed E-state index contributed by atoms with van der Waals surface area (Å²) in [5.74, 6) is -11.0. The number of carbonyl (C=O) groups is 8. The summed E-state index contributed by atoms with van der Waals surface area (Å²) in [5, 5.41) is 51.9. The van der Waals surface area contributed by atoms with Crippen molar-refractivity contribution in [1.82, 2.24) is 0 Å². The largest absolute Gasteiger partial charge is 0.478 e. The van der Waals surface area contributed by atoms with Gasteiger partial charge in [0.1, 0.15) is 0 Å². The Morgan fingerprint density at radius 1 is 0.512 bits per heavy atom. The molecular weight excluding hydrogens is 552 g/mol. The number of aliphatic carboxylic acids is 2. The predicted octanol–water partition coefficient (Wildman–Crippen LogP) is 2.77. The number of esters is 2. The highest BCUT2D eigenvalue weighted by Gasteiger charge is 2.26. The van der Waals surface area contributed by atoms with Gasteiger partial charge in [0, 0.05) is 11.1 Å². The Hall–Kier alpha value is -6.12. The second-order valence-corrected chi connectivity index (χ2v) is 7.59. The first kappa shape index (κ1) is 34.9. The van der Waals surface area contributed by atoms with Crippen molar-refractivity contribution in [1.29, 1.82) is 0 Å². The minimum absolute atomic E-state index is 0.176. The lowest BCUT2D eigenvalue weighted by atomic mass is 10.0. The molecule has 216 valence electrons. The van der Waals surface area contributed by atoms with Crippen LogP contribution in [0, 0.1) is 0 Å². The molecule has 6 N–H and O–H groups in total. The topological polar surface area (TPSA) is 267 Å². The molecule has 0 atom stereocenters. The molecule has 0 unspecified atom stereocenters. The molecule has 0 heterocycles. The Bertz CT molecular complexity index is 1330. The van der Waals surface area contributed by atoms with Crippen LogP contribution in [0.5, 0.6) is 0 Å². The van der Waals surface area contributed by atoms with Crippen LogP contribution in [0.25, 0.3) is 0 Å². The van der Waals surface area contributed by atoms with Gasteiger partial charge in [0.05, 0.1) is 33.4 Å². The maximum absolute atomic E-state index is 12.2. The maximum Gasteiger partial charge on any atom is 0.346 e. The van der Waals surface area contributed by atoms with Crippen molar-refractivity contribution >= 4 is 47.8 Å². The molecule has 0 bridgehead atoms. The van der Waals surface area contributed by atoms with E-state index in [1.165, 1.54) is 13.8 Å². The minimum atomic E-state index is -1.66. The Labute approximate surface area is 229 Å². The second kappa shape index (κ2) is 15.3. The number of hydrogen-bond donors (Lipinski definition) is 6. The standard InChI is InChI=1S/C18H10O11.2C4H6O2/c19-13(20)7-1-3-9(11(5-7)15(23)24)17(27)29-18(28)10-4-2-8(14(21)22)6-12(10)16(25)26;2*1-3(2)4(5)6/h1-6H,(H,19,20)(H,21,22)(H,23,24)(H,25,26);2*1H2,2H3,(H,5,6). The van der Waals surface area contributed by atoms with Gasteiger partial charge in [-0.25, -0.2) is 38.4 Å². The SMILES string of the molecule is C=C(C)C(=O)O.C=C(C)C(=O)O.O=C(O)c1ccc(C(=O)OC(=O)c2ccc(C(=O)O)cc2C(=O)O)c(C(=O)O)c1. The highest BCUT2D eigenvalue weighted by atomic mass is 16.6. The molecule has 0 fully saturated rings. The van der Waals surface area contributed by atoms with Gasteiger partial charge < -0.3 is 35.4 Å². The van der Waals surface area contributed by atoms with E-state index in [4.69, 9.17) is 30.6 Å².